The molecule has 100 valence electrons. The predicted octanol–water partition coefficient (Wildman–Crippen LogP) is 3.14. The molecule has 0 unspecified atom stereocenters. The number of halogens is 10. The lowest BCUT2D eigenvalue weighted by Gasteiger charge is -2.31. The summed E-state index contributed by atoms with van der Waals surface area (Å²) in [5.74, 6) is -25.3. The molecular formula is C6F10O. The first kappa shape index (κ1) is 15.8. The molecule has 0 aliphatic rings. The van der Waals surface area contributed by atoms with Crippen LogP contribution < -0.4 is 0 Å². The summed E-state index contributed by atoms with van der Waals surface area (Å²) in [5.41, 5.74) is 0. The molecule has 0 aliphatic heterocycles. The number of hydrogen-bond donors (Lipinski definition) is 0. The summed E-state index contributed by atoms with van der Waals surface area (Å²) in [6.45, 7) is 0. The average Bonchev–Trinajstić information content (AvgIpc) is 2.13. The number of hydrogen-bond acceptors (Lipinski definition) is 1. The van der Waals surface area contributed by atoms with Gasteiger partial charge in [0.1, 0.15) is 0 Å². The highest BCUT2D eigenvalue weighted by molar-refractivity contribution is 5.52. The zero-order valence-corrected chi connectivity index (χ0v) is 7.19. The number of allylic oxidation sites excluding steroid dienone is 1. The quantitative estimate of drug-likeness (QED) is 0.572. The van der Waals surface area contributed by atoms with Crippen LogP contribution >= 0.6 is 0 Å². The van der Waals surface area contributed by atoms with Gasteiger partial charge in [0, 0.05) is 0 Å². The third-order valence-electron chi connectivity index (χ3n) is 1.51. The molecule has 17 heavy (non-hydrogen) atoms. The van der Waals surface area contributed by atoms with Crippen LogP contribution in [-0.4, -0.2) is 29.9 Å². The molecule has 0 aromatic rings. The van der Waals surface area contributed by atoms with E-state index in [1.54, 1.807) is 0 Å². The first-order valence-corrected chi connectivity index (χ1v) is 3.34. The Bertz CT molecular complexity index is 346. The fourth-order valence-corrected chi connectivity index (χ4v) is 0.577. The minimum atomic E-state index is -7.22. The topological polar surface area (TPSA) is 17.1 Å². The van der Waals surface area contributed by atoms with Gasteiger partial charge >= 0.3 is 23.9 Å². The molecule has 1 nitrogen and oxygen atoms in total. The molecule has 0 radical (unpaired) electrons. The van der Waals surface area contributed by atoms with E-state index < -0.39 is 35.7 Å². The Morgan fingerprint density at radius 2 is 1.12 bits per heavy atom. The minimum absolute atomic E-state index is 0.496. The second kappa shape index (κ2) is 3.90. The van der Waals surface area contributed by atoms with Crippen molar-refractivity contribution in [2.24, 2.45) is 0 Å². The highest BCUT2D eigenvalue weighted by Crippen LogP contribution is 2.54. The lowest BCUT2D eigenvalue weighted by molar-refractivity contribution is -0.391. The van der Waals surface area contributed by atoms with Gasteiger partial charge in [-0.2, -0.15) is 43.9 Å². The first-order chi connectivity index (χ1) is 7.23. The van der Waals surface area contributed by atoms with Crippen LogP contribution in [0.1, 0.15) is 0 Å². The van der Waals surface area contributed by atoms with Crippen molar-refractivity contribution in [1.82, 2.24) is 0 Å². The third-order valence-corrected chi connectivity index (χ3v) is 1.51. The van der Waals surface area contributed by atoms with E-state index in [0.29, 0.717) is 0 Å². The van der Waals surface area contributed by atoms with E-state index >= 15 is 0 Å². The third kappa shape index (κ3) is 2.11. The van der Waals surface area contributed by atoms with E-state index in [9.17, 15) is 48.7 Å². The van der Waals surface area contributed by atoms with Crippen LogP contribution in [0.5, 0.6) is 0 Å². The lowest BCUT2D eigenvalue weighted by atomic mass is 10.0. The molecular weight excluding hydrogens is 278 g/mol. The maximum absolute atomic E-state index is 12.3. The van der Waals surface area contributed by atoms with Crippen LogP contribution in [0.25, 0.3) is 0 Å². The van der Waals surface area contributed by atoms with Crippen LogP contribution in [0.3, 0.4) is 0 Å². The zero-order valence-electron chi connectivity index (χ0n) is 7.19. The van der Waals surface area contributed by atoms with E-state index in [1.807, 2.05) is 0 Å². The highest BCUT2D eigenvalue weighted by atomic mass is 19.4. The van der Waals surface area contributed by atoms with E-state index in [0.717, 1.165) is 0 Å². The van der Waals surface area contributed by atoms with Crippen molar-refractivity contribution < 1.29 is 48.7 Å². The Kier molecular flexibility index (Phi) is 3.61. The zero-order chi connectivity index (χ0) is 14.3. The van der Waals surface area contributed by atoms with Crippen molar-refractivity contribution in [2.45, 2.75) is 23.9 Å². The van der Waals surface area contributed by atoms with E-state index in [1.165, 1.54) is 0 Å². The van der Waals surface area contributed by atoms with Gasteiger partial charge in [-0.1, -0.05) is 0 Å². The second-order valence-electron chi connectivity index (χ2n) is 2.64. The molecule has 0 N–H and O–H groups in total. The van der Waals surface area contributed by atoms with Crippen molar-refractivity contribution in [1.29, 1.82) is 0 Å². The maximum atomic E-state index is 12.3. The molecule has 0 aromatic heterocycles. The van der Waals surface area contributed by atoms with Gasteiger partial charge < -0.3 is 0 Å². The molecule has 11 heteroatoms. The Morgan fingerprint density at radius 1 is 0.765 bits per heavy atom. The summed E-state index contributed by atoms with van der Waals surface area (Å²) >= 11 is 0. The molecule has 0 bridgehead atoms. The summed E-state index contributed by atoms with van der Waals surface area (Å²) in [5, 5.41) is 0. The Hall–Kier alpha value is -1.25. The lowest BCUT2D eigenvalue weighted by Crippen LogP contribution is -2.61. The van der Waals surface area contributed by atoms with Gasteiger partial charge in [0.2, 0.25) is 0 Å². The van der Waals surface area contributed by atoms with E-state index in [2.05, 4.69) is 0 Å². The van der Waals surface area contributed by atoms with Crippen molar-refractivity contribution in [3.8, 4) is 0 Å². The van der Waals surface area contributed by atoms with Crippen LogP contribution in [0.2, 0.25) is 0 Å². The molecule has 0 spiro atoms. The maximum Gasteiger partial charge on any atom is 0.460 e. The normalized spacial score (nSPS) is 14.5. The number of rotatable bonds is 3. The fraction of sp³-hybridized carbons (Fsp3) is 0.667. The number of carbonyl (C=O) groups excluding carboxylic acids is 1. The molecule has 0 rings (SSSR count). The average molecular weight is 278 g/mol. The Labute approximate surface area is 85.7 Å². The Morgan fingerprint density at radius 3 is 1.35 bits per heavy atom. The van der Waals surface area contributed by atoms with Crippen molar-refractivity contribution in [3.63, 3.8) is 0 Å². The summed E-state index contributed by atoms with van der Waals surface area (Å²) in [6, 6.07) is 0. The largest absolute Gasteiger partial charge is 0.460 e. The fourth-order valence-electron chi connectivity index (χ4n) is 0.577. The van der Waals surface area contributed by atoms with Gasteiger partial charge in [0.05, 0.1) is 0 Å². The summed E-state index contributed by atoms with van der Waals surface area (Å²) in [7, 11) is 0. The van der Waals surface area contributed by atoms with Gasteiger partial charge in [-0.15, -0.1) is 0 Å². The second-order valence-corrected chi connectivity index (χ2v) is 2.64. The van der Waals surface area contributed by atoms with Crippen molar-refractivity contribution in [2.75, 3.05) is 0 Å². The van der Waals surface area contributed by atoms with Crippen LogP contribution in [0, 0.1) is 0 Å². The van der Waals surface area contributed by atoms with Crippen LogP contribution in [0.4, 0.5) is 43.9 Å². The summed E-state index contributed by atoms with van der Waals surface area (Å²) in [4.78, 5) is 9.30. The summed E-state index contributed by atoms with van der Waals surface area (Å²) in [6.07, 6.45) is -7.05. The van der Waals surface area contributed by atoms with E-state index in [4.69, 9.17) is 0 Å². The first-order valence-electron chi connectivity index (χ1n) is 3.34. The summed E-state index contributed by atoms with van der Waals surface area (Å²) < 4.78 is 119. The van der Waals surface area contributed by atoms with Crippen LogP contribution in [-0.2, 0) is 4.79 Å². The van der Waals surface area contributed by atoms with Gasteiger partial charge in [-0.05, 0) is 0 Å². The smallest absolute Gasteiger partial charge is 0.230 e. The van der Waals surface area contributed by atoms with Gasteiger partial charge in [0.25, 0.3) is 5.83 Å². The molecule has 0 fully saturated rings. The van der Waals surface area contributed by atoms with E-state index in [-0.39, 0.29) is 0 Å². The Balaban J connectivity index is 5.81. The van der Waals surface area contributed by atoms with Crippen molar-refractivity contribution in [3.05, 3.63) is 5.83 Å². The molecule has 0 heterocycles. The number of alkyl halides is 9. The standard InChI is InChI=1S/C6F10O/c7-2(1-17)3(8,9)4(10,11)5(12,13)6(14,15)16. The molecule has 0 amide bonds. The molecule has 0 atom stereocenters. The minimum Gasteiger partial charge on any atom is -0.230 e. The van der Waals surface area contributed by atoms with Gasteiger partial charge in [-0.3, -0.25) is 0 Å². The van der Waals surface area contributed by atoms with Gasteiger partial charge in [0.15, 0.2) is 5.94 Å². The predicted molar refractivity (Wildman–Crippen MR) is 31.2 cm³/mol. The molecule has 0 saturated heterocycles. The molecule has 0 aromatic carbocycles. The van der Waals surface area contributed by atoms with Crippen molar-refractivity contribution >= 4 is 5.94 Å². The molecule has 0 saturated carbocycles. The monoisotopic (exact) mass is 278 g/mol. The van der Waals surface area contributed by atoms with Gasteiger partial charge in [-0.25, -0.2) is 4.79 Å². The highest BCUT2D eigenvalue weighted by Gasteiger charge is 2.83. The SMILES string of the molecule is O=C=C(F)C(F)(F)C(F)(F)C(F)(F)C(F)(F)F. The van der Waals surface area contributed by atoms with Crippen LogP contribution in [0.15, 0.2) is 5.83 Å². The molecule has 0 aliphatic carbocycles.